The third kappa shape index (κ3) is 4.14. The van der Waals surface area contributed by atoms with Gasteiger partial charge in [-0.15, -0.1) is 0 Å². The van der Waals surface area contributed by atoms with Gasteiger partial charge in [-0.05, 0) is 19.8 Å². The first kappa shape index (κ1) is 11.8. The molecule has 0 saturated carbocycles. The highest BCUT2D eigenvalue weighted by molar-refractivity contribution is 5.75. The lowest BCUT2D eigenvalue weighted by atomic mass is 10.3. The van der Waals surface area contributed by atoms with Gasteiger partial charge in [-0.2, -0.15) is 0 Å². The van der Waals surface area contributed by atoms with Gasteiger partial charge in [-0.25, -0.2) is 4.98 Å². The number of hydrogen-bond acceptors (Lipinski definition) is 2. The van der Waals surface area contributed by atoms with E-state index in [-0.39, 0.29) is 5.91 Å². The molecule has 1 amide bonds. The fourth-order valence-corrected chi connectivity index (χ4v) is 1.40. The Labute approximate surface area is 90.7 Å². The fourth-order valence-electron chi connectivity index (χ4n) is 1.40. The zero-order chi connectivity index (χ0) is 11.1. The topological polar surface area (TPSA) is 46.9 Å². The van der Waals surface area contributed by atoms with Gasteiger partial charge in [0.25, 0.3) is 0 Å². The average molecular weight is 209 g/mol. The van der Waals surface area contributed by atoms with Crippen LogP contribution in [0, 0.1) is 6.92 Å². The summed E-state index contributed by atoms with van der Waals surface area (Å²) >= 11 is 0. The predicted octanol–water partition coefficient (Wildman–Crippen LogP) is 1.50. The number of amides is 1. The van der Waals surface area contributed by atoms with Gasteiger partial charge in [-0.3, -0.25) is 4.79 Å². The van der Waals surface area contributed by atoms with E-state index in [1.54, 1.807) is 6.20 Å². The van der Waals surface area contributed by atoms with Crippen LogP contribution < -0.4 is 5.32 Å². The Bertz CT molecular complexity index is 307. The molecule has 0 spiro atoms. The number of hydrogen-bond donors (Lipinski definition) is 1. The van der Waals surface area contributed by atoms with Crippen LogP contribution in [0.25, 0.3) is 0 Å². The molecule has 1 aromatic rings. The number of nitrogens with one attached hydrogen (secondary N) is 1. The molecule has 0 unspecified atom stereocenters. The highest BCUT2D eigenvalue weighted by Gasteiger charge is 2.01. The Hall–Kier alpha value is -1.32. The van der Waals surface area contributed by atoms with E-state index in [1.165, 1.54) is 0 Å². The zero-order valence-corrected chi connectivity index (χ0v) is 9.49. The summed E-state index contributed by atoms with van der Waals surface area (Å²) in [5.41, 5.74) is 0. The minimum atomic E-state index is 0.148. The monoisotopic (exact) mass is 209 g/mol. The van der Waals surface area contributed by atoms with Gasteiger partial charge in [0.05, 0.1) is 0 Å². The second-order valence-electron chi connectivity index (χ2n) is 3.62. The van der Waals surface area contributed by atoms with E-state index in [1.807, 2.05) is 13.1 Å². The van der Waals surface area contributed by atoms with E-state index in [0.29, 0.717) is 6.42 Å². The average Bonchev–Trinajstić information content (AvgIpc) is 2.61. The van der Waals surface area contributed by atoms with Crippen molar-refractivity contribution in [1.82, 2.24) is 14.9 Å². The Kier molecular flexibility index (Phi) is 4.87. The standard InChI is InChI=1S/C11H19N3O/c1-3-6-13-11(15)5-4-8-14-9-7-12-10(14)2/h7,9H,3-6,8H2,1-2H3,(H,13,15). The van der Waals surface area contributed by atoms with Crippen molar-refractivity contribution in [3.05, 3.63) is 18.2 Å². The van der Waals surface area contributed by atoms with Crippen molar-refractivity contribution in [3.8, 4) is 0 Å². The van der Waals surface area contributed by atoms with Crippen LogP contribution in [-0.2, 0) is 11.3 Å². The van der Waals surface area contributed by atoms with Gasteiger partial charge in [0, 0.05) is 31.9 Å². The molecule has 0 aromatic carbocycles. The normalized spacial score (nSPS) is 10.3. The lowest BCUT2D eigenvalue weighted by Crippen LogP contribution is -2.23. The van der Waals surface area contributed by atoms with Crippen LogP contribution in [0.5, 0.6) is 0 Å². The molecule has 1 rings (SSSR count). The summed E-state index contributed by atoms with van der Waals surface area (Å²) in [6.07, 6.45) is 6.18. The maximum atomic E-state index is 11.3. The SMILES string of the molecule is CCCNC(=O)CCCn1ccnc1C. The highest BCUT2D eigenvalue weighted by atomic mass is 16.1. The molecule has 4 nitrogen and oxygen atoms in total. The summed E-state index contributed by atoms with van der Waals surface area (Å²) in [7, 11) is 0. The third-order valence-electron chi connectivity index (χ3n) is 2.30. The number of rotatable bonds is 6. The van der Waals surface area contributed by atoms with Crippen LogP contribution in [0.3, 0.4) is 0 Å². The first-order valence-corrected chi connectivity index (χ1v) is 5.48. The van der Waals surface area contributed by atoms with E-state index in [2.05, 4.69) is 21.8 Å². The maximum absolute atomic E-state index is 11.3. The van der Waals surface area contributed by atoms with E-state index in [0.717, 1.165) is 31.8 Å². The summed E-state index contributed by atoms with van der Waals surface area (Å²) in [6, 6.07) is 0. The van der Waals surface area contributed by atoms with Crippen LogP contribution in [0.2, 0.25) is 0 Å². The molecule has 0 fully saturated rings. The molecule has 0 aliphatic rings. The Balaban J connectivity index is 2.16. The summed E-state index contributed by atoms with van der Waals surface area (Å²) in [5, 5.41) is 2.86. The van der Waals surface area contributed by atoms with Gasteiger partial charge in [0.1, 0.15) is 5.82 Å². The molecule has 15 heavy (non-hydrogen) atoms. The fraction of sp³-hybridized carbons (Fsp3) is 0.636. The summed E-state index contributed by atoms with van der Waals surface area (Å²) in [4.78, 5) is 15.4. The summed E-state index contributed by atoms with van der Waals surface area (Å²) < 4.78 is 2.06. The van der Waals surface area contributed by atoms with Gasteiger partial charge >= 0.3 is 0 Å². The third-order valence-corrected chi connectivity index (χ3v) is 2.30. The van der Waals surface area contributed by atoms with Gasteiger partial charge in [-0.1, -0.05) is 6.92 Å². The molecule has 4 heteroatoms. The first-order valence-electron chi connectivity index (χ1n) is 5.48. The molecular formula is C11H19N3O. The van der Waals surface area contributed by atoms with Crippen LogP contribution >= 0.6 is 0 Å². The molecular weight excluding hydrogens is 190 g/mol. The first-order chi connectivity index (χ1) is 7.24. The molecule has 84 valence electrons. The second kappa shape index (κ2) is 6.22. The lowest BCUT2D eigenvalue weighted by molar-refractivity contribution is -0.121. The predicted molar refractivity (Wildman–Crippen MR) is 59.5 cm³/mol. The quantitative estimate of drug-likeness (QED) is 0.771. The van der Waals surface area contributed by atoms with Crippen LogP contribution in [0.4, 0.5) is 0 Å². The number of imidazole rings is 1. The summed E-state index contributed by atoms with van der Waals surface area (Å²) in [5.74, 6) is 1.15. The van der Waals surface area contributed by atoms with Gasteiger partial charge in [0.15, 0.2) is 0 Å². The minimum Gasteiger partial charge on any atom is -0.356 e. The van der Waals surface area contributed by atoms with E-state index >= 15 is 0 Å². The number of nitrogens with zero attached hydrogens (tertiary/aromatic N) is 2. The van der Waals surface area contributed by atoms with Gasteiger partial charge in [0.2, 0.25) is 5.91 Å². The molecule has 0 atom stereocenters. The Morgan fingerprint density at radius 1 is 1.60 bits per heavy atom. The smallest absolute Gasteiger partial charge is 0.220 e. The highest BCUT2D eigenvalue weighted by Crippen LogP contribution is 1.99. The Morgan fingerprint density at radius 3 is 3.00 bits per heavy atom. The minimum absolute atomic E-state index is 0.148. The van der Waals surface area contributed by atoms with Crippen molar-refractivity contribution < 1.29 is 4.79 Å². The van der Waals surface area contributed by atoms with Crippen LogP contribution in [0.1, 0.15) is 32.0 Å². The van der Waals surface area contributed by atoms with E-state index in [4.69, 9.17) is 0 Å². The van der Waals surface area contributed by atoms with Gasteiger partial charge < -0.3 is 9.88 Å². The molecule has 1 N–H and O–H groups in total. The van der Waals surface area contributed by atoms with Crippen molar-refractivity contribution in [3.63, 3.8) is 0 Å². The number of aromatic nitrogens is 2. The van der Waals surface area contributed by atoms with Crippen molar-refractivity contribution in [2.75, 3.05) is 6.54 Å². The van der Waals surface area contributed by atoms with Crippen molar-refractivity contribution in [2.45, 2.75) is 39.7 Å². The number of carbonyl (C=O) groups excluding carboxylic acids is 1. The van der Waals surface area contributed by atoms with E-state index in [9.17, 15) is 4.79 Å². The second-order valence-corrected chi connectivity index (χ2v) is 3.62. The summed E-state index contributed by atoms with van der Waals surface area (Å²) in [6.45, 7) is 5.67. The molecule has 0 saturated heterocycles. The van der Waals surface area contributed by atoms with E-state index < -0.39 is 0 Å². The van der Waals surface area contributed by atoms with Crippen molar-refractivity contribution in [2.24, 2.45) is 0 Å². The molecule has 0 radical (unpaired) electrons. The zero-order valence-electron chi connectivity index (χ0n) is 9.49. The molecule has 0 aliphatic carbocycles. The number of aryl methyl sites for hydroxylation is 2. The largest absolute Gasteiger partial charge is 0.356 e. The van der Waals surface area contributed by atoms with Crippen LogP contribution in [-0.4, -0.2) is 22.0 Å². The maximum Gasteiger partial charge on any atom is 0.220 e. The number of carbonyl (C=O) groups is 1. The van der Waals surface area contributed by atoms with Crippen molar-refractivity contribution in [1.29, 1.82) is 0 Å². The molecule has 0 bridgehead atoms. The Morgan fingerprint density at radius 2 is 2.40 bits per heavy atom. The molecule has 1 aromatic heterocycles. The van der Waals surface area contributed by atoms with Crippen molar-refractivity contribution >= 4 is 5.91 Å². The molecule has 1 heterocycles. The lowest BCUT2D eigenvalue weighted by Gasteiger charge is -2.05. The molecule has 0 aliphatic heterocycles. The van der Waals surface area contributed by atoms with Crippen LogP contribution in [0.15, 0.2) is 12.4 Å².